The number of carboxylic acids is 1. The molecule has 206 valence electrons. The monoisotopic (exact) mass is 569 g/mol. The van der Waals surface area contributed by atoms with E-state index in [0.717, 1.165) is 43.9 Å². The molecule has 2 unspecified atom stereocenters. The lowest BCUT2D eigenvalue weighted by Crippen LogP contribution is -2.46. The van der Waals surface area contributed by atoms with Crippen LogP contribution in [0.4, 0.5) is 18.3 Å². The summed E-state index contributed by atoms with van der Waals surface area (Å²) in [4.78, 5) is 31.4. The van der Waals surface area contributed by atoms with Gasteiger partial charge in [0.2, 0.25) is 0 Å². The van der Waals surface area contributed by atoms with Crippen LogP contribution in [0.3, 0.4) is 0 Å². The molecule has 0 radical (unpaired) electrons. The summed E-state index contributed by atoms with van der Waals surface area (Å²) in [6.07, 6.45) is 3.75. The Hall–Kier alpha value is -3.93. The zero-order valence-corrected chi connectivity index (χ0v) is 21.7. The Kier molecular flexibility index (Phi) is 5.84. The van der Waals surface area contributed by atoms with Crippen LogP contribution in [-0.4, -0.2) is 45.4 Å². The van der Waals surface area contributed by atoms with Gasteiger partial charge in [0.15, 0.2) is 16.7 Å². The molecule has 7 rings (SSSR count). The van der Waals surface area contributed by atoms with Gasteiger partial charge in [-0.3, -0.25) is 0 Å². The number of hydrogen-bond acceptors (Lipinski definition) is 8. The van der Waals surface area contributed by atoms with Gasteiger partial charge in [-0.05, 0) is 49.9 Å². The average Bonchev–Trinajstić information content (AvgIpc) is 3.41. The number of fused-ring (bicyclic) bond motifs is 3. The third-order valence-corrected chi connectivity index (χ3v) is 8.95. The zero-order chi connectivity index (χ0) is 27.7. The Morgan fingerprint density at radius 1 is 1.02 bits per heavy atom. The molecule has 12 heteroatoms. The lowest BCUT2D eigenvalue weighted by molar-refractivity contribution is 0.0202. The van der Waals surface area contributed by atoms with E-state index in [1.807, 2.05) is 0 Å². The topological polar surface area (TPSA) is 106 Å². The van der Waals surface area contributed by atoms with Crippen molar-refractivity contribution in [3.8, 4) is 11.3 Å². The molecule has 4 heterocycles. The van der Waals surface area contributed by atoms with Crippen LogP contribution in [0.25, 0.3) is 21.5 Å². The van der Waals surface area contributed by atoms with E-state index in [1.165, 1.54) is 23.5 Å². The number of benzene rings is 2. The molecule has 4 aromatic rings. The first-order valence-electron chi connectivity index (χ1n) is 13.0. The van der Waals surface area contributed by atoms with Crippen LogP contribution in [0.5, 0.6) is 0 Å². The van der Waals surface area contributed by atoms with Gasteiger partial charge in [0.05, 0.1) is 15.8 Å². The van der Waals surface area contributed by atoms with Gasteiger partial charge in [-0.25, -0.2) is 27.7 Å². The van der Waals surface area contributed by atoms with Crippen LogP contribution in [-0.2, 0) is 4.74 Å². The lowest BCUT2D eigenvalue weighted by atomic mass is 9.99. The molecular formula is C28H22F3N3O5S. The minimum atomic E-state index is -1.21. The Morgan fingerprint density at radius 3 is 2.38 bits per heavy atom. The van der Waals surface area contributed by atoms with Crippen molar-refractivity contribution in [2.45, 2.75) is 62.6 Å². The van der Waals surface area contributed by atoms with E-state index in [1.54, 1.807) is 0 Å². The largest absolute Gasteiger partial charge is 0.478 e. The fourth-order valence-corrected chi connectivity index (χ4v) is 7.14. The van der Waals surface area contributed by atoms with Crippen molar-refractivity contribution in [1.29, 1.82) is 0 Å². The molecule has 2 saturated heterocycles. The van der Waals surface area contributed by atoms with E-state index < -0.39 is 41.1 Å². The van der Waals surface area contributed by atoms with E-state index in [-0.39, 0.29) is 40.3 Å². The number of carbonyl (C=O) groups is 2. The quantitative estimate of drug-likeness (QED) is 0.270. The SMILES string of the molecule is O=C(O)c1cc(F)c2nc(N3C4CCC3CC(OC(=O)c3c(-c5c(F)cccc5F)noc3C3CC3)C4)sc2c1. The Balaban J connectivity index is 1.14. The Morgan fingerprint density at radius 2 is 1.73 bits per heavy atom. The second-order valence-corrected chi connectivity index (χ2v) is 11.5. The van der Waals surface area contributed by atoms with Gasteiger partial charge in [0, 0.05) is 30.8 Å². The number of ether oxygens (including phenoxy) is 1. The number of halogens is 3. The third-order valence-electron chi connectivity index (χ3n) is 7.94. The zero-order valence-electron chi connectivity index (χ0n) is 20.9. The Bertz CT molecular complexity index is 1650. The van der Waals surface area contributed by atoms with Gasteiger partial charge in [-0.1, -0.05) is 22.6 Å². The standard InChI is InChI=1S/C28H22F3N3O5S/c29-17-2-1-3-18(30)21(17)24-22(25(39-33-24)12-4-5-12)27(37)38-16-10-14-6-7-15(11-16)34(14)28-32-23-19(31)8-13(26(35)36)9-20(23)40-28/h1-3,8-9,12,14-16H,4-7,10-11H2,(H,35,36). The molecule has 1 saturated carbocycles. The molecule has 2 aromatic heterocycles. The van der Waals surface area contributed by atoms with Gasteiger partial charge in [0.1, 0.15) is 34.5 Å². The fourth-order valence-electron chi connectivity index (χ4n) is 5.98. The highest BCUT2D eigenvalue weighted by Crippen LogP contribution is 2.46. The number of thiazole rings is 1. The number of esters is 1. The van der Waals surface area contributed by atoms with Gasteiger partial charge >= 0.3 is 11.9 Å². The first kappa shape index (κ1) is 25.1. The maximum absolute atomic E-state index is 14.6. The van der Waals surface area contributed by atoms with Crippen molar-refractivity contribution in [3.63, 3.8) is 0 Å². The highest BCUT2D eigenvalue weighted by Gasteiger charge is 2.45. The molecule has 0 amide bonds. The Labute approximate surface area is 229 Å². The van der Waals surface area contributed by atoms with Gasteiger partial charge in [-0.2, -0.15) is 0 Å². The molecule has 2 aliphatic heterocycles. The molecular weight excluding hydrogens is 547 g/mol. The van der Waals surface area contributed by atoms with E-state index in [9.17, 15) is 27.9 Å². The highest BCUT2D eigenvalue weighted by molar-refractivity contribution is 7.22. The maximum Gasteiger partial charge on any atom is 0.344 e. The van der Waals surface area contributed by atoms with Crippen LogP contribution in [0, 0.1) is 17.5 Å². The molecule has 2 aromatic carbocycles. The van der Waals surface area contributed by atoms with Crippen molar-refractivity contribution < 1.29 is 37.1 Å². The molecule has 1 aliphatic carbocycles. The molecule has 1 N–H and O–H groups in total. The smallest absolute Gasteiger partial charge is 0.344 e. The number of aromatic carboxylic acids is 1. The number of carbonyl (C=O) groups excluding carboxylic acids is 1. The van der Waals surface area contributed by atoms with Crippen molar-refractivity contribution in [1.82, 2.24) is 10.1 Å². The number of aromatic nitrogens is 2. The van der Waals surface area contributed by atoms with Crippen molar-refractivity contribution in [3.05, 3.63) is 64.7 Å². The van der Waals surface area contributed by atoms with E-state index in [4.69, 9.17) is 9.26 Å². The second kappa shape index (κ2) is 9.33. The second-order valence-electron chi connectivity index (χ2n) is 10.5. The van der Waals surface area contributed by atoms with E-state index in [2.05, 4.69) is 15.0 Å². The molecule has 8 nitrogen and oxygen atoms in total. The number of piperidine rings is 1. The summed E-state index contributed by atoms with van der Waals surface area (Å²) in [6.45, 7) is 0. The van der Waals surface area contributed by atoms with Crippen molar-refractivity contribution >= 4 is 38.6 Å². The predicted octanol–water partition coefficient (Wildman–Crippen LogP) is 6.30. The van der Waals surface area contributed by atoms with Gasteiger partial charge < -0.3 is 19.3 Å². The van der Waals surface area contributed by atoms with Crippen LogP contribution in [0.1, 0.15) is 70.9 Å². The number of hydrogen-bond donors (Lipinski definition) is 1. The normalized spacial score (nSPS) is 22.2. The summed E-state index contributed by atoms with van der Waals surface area (Å²) in [5.74, 6) is -4.06. The fraction of sp³-hybridized carbons (Fsp3) is 0.357. The third kappa shape index (κ3) is 4.12. The first-order valence-corrected chi connectivity index (χ1v) is 13.9. The molecule has 3 fully saturated rings. The summed E-state index contributed by atoms with van der Waals surface area (Å²) in [7, 11) is 0. The summed E-state index contributed by atoms with van der Waals surface area (Å²) >= 11 is 1.24. The van der Waals surface area contributed by atoms with Crippen LogP contribution in [0.2, 0.25) is 0 Å². The number of nitrogens with zero attached hydrogens (tertiary/aromatic N) is 3. The van der Waals surface area contributed by atoms with Crippen LogP contribution in [0.15, 0.2) is 34.9 Å². The predicted molar refractivity (Wildman–Crippen MR) is 138 cm³/mol. The van der Waals surface area contributed by atoms with Crippen molar-refractivity contribution in [2.24, 2.45) is 0 Å². The van der Waals surface area contributed by atoms with Crippen LogP contribution < -0.4 is 4.90 Å². The minimum Gasteiger partial charge on any atom is -0.478 e. The first-order chi connectivity index (χ1) is 19.3. The maximum atomic E-state index is 14.6. The van der Waals surface area contributed by atoms with E-state index >= 15 is 0 Å². The van der Waals surface area contributed by atoms with Gasteiger partial charge in [-0.15, -0.1) is 0 Å². The van der Waals surface area contributed by atoms with E-state index in [0.29, 0.717) is 28.4 Å². The number of carboxylic acid groups (broad SMARTS) is 1. The minimum absolute atomic E-state index is 0.0204. The highest BCUT2D eigenvalue weighted by atomic mass is 32.1. The molecule has 2 bridgehead atoms. The van der Waals surface area contributed by atoms with Crippen molar-refractivity contribution in [2.75, 3.05) is 4.90 Å². The lowest BCUT2D eigenvalue weighted by Gasteiger charge is -2.38. The summed E-state index contributed by atoms with van der Waals surface area (Å²) < 4.78 is 55.6. The summed E-state index contributed by atoms with van der Waals surface area (Å²) in [5, 5.41) is 13.7. The average molecular weight is 570 g/mol. The number of rotatable bonds is 6. The summed E-state index contributed by atoms with van der Waals surface area (Å²) in [6, 6.07) is 5.79. The van der Waals surface area contributed by atoms with Gasteiger partial charge in [0.25, 0.3) is 0 Å². The molecule has 3 aliphatic rings. The van der Waals surface area contributed by atoms with Crippen LogP contribution >= 0.6 is 11.3 Å². The molecule has 2 atom stereocenters. The molecule has 0 spiro atoms. The number of anilines is 1. The summed E-state index contributed by atoms with van der Waals surface area (Å²) in [5.41, 5.74) is -0.653. The molecule has 40 heavy (non-hydrogen) atoms.